The molecule has 0 aromatic heterocycles. The van der Waals surface area contributed by atoms with Gasteiger partial charge in [-0.1, -0.05) is 24.3 Å². The normalized spacial score (nSPS) is 13.5. The van der Waals surface area contributed by atoms with Crippen LogP contribution >= 0.6 is 0 Å². The quantitative estimate of drug-likeness (QED) is 0.400. The van der Waals surface area contributed by atoms with Crippen LogP contribution < -0.4 is 8.92 Å². The molecule has 6 heteroatoms. The lowest BCUT2D eigenvalue weighted by molar-refractivity contribution is 0.453. The second kappa shape index (κ2) is 6.13. The Bertz CT molecular complexity index is 982. The van der Waals surface area contributed by atoms with E-state index in [9.17, 15) is 8.42 Å². The zero-order chi connectivity index (χ0) is 17.4. The van der Waals surface area contributed by atoms with Crippen LogP contribution in [0.4, 0.5) is 0 Å². The third kappa shape index (κ3) is 3.23. The number of hydrogen-bond acceptors (Lipinski definition) is 4. The summed E-state index contributed by atoms with van der Waals surface area (Å²) >= 11 is 0. The molecule has 4 rings (SSSR count). The predicted octanol–water partition coefficient (Wildman–Crippen LogP) is 4.23. The summed E-state index contributed by atoms with van der Waals surface area (Å²) in [6, 6.07) is 23.1. The predicted molar refractivity (Wildman–Crippen MR) is 97.0 cm³/mol. The molecule has 0 fully saturated rings. The summed E-state index contributed by atoms with van der Waals surface area (Å²) in [4.78, 5) is 3.29. The molecule has 0 amide bonds. The number of rotatable bonds is 3. The van der Waals surface area contributed by atoms with Gasteiger partial charge < -0.3 is 8.92 Å². The second-order valence-corrected chi connectivity index (χ2v) is 9.10. The van der Waals surface area contributed by atoms with E-state index in [2.05, 4.69) is 12.1 Å². The largest absolute Gasteiger partial charge is 0.447 e. The standard InChI is InChI=1S/C19H15O4S2/c1-25(20,21)23-14-10-12-15(13-11-14)24-18-8-4-2-6-16(18)22-17-7-3-5-9-19(17)24/h2-13H,1H3/q+1. The minimum Gasteiger partial charge on any atom is -0.447 e. The molecule has 0 spiro atoms. The fourth-order valence-electron chi connectivity index (χ4n) is 2.70. The first-order valence-electron chi connectivity index (χ1n) is 7.61. The molecule has 0 aliphatic carbocycles. The van der Waals surface area contributed by atoms with Gasteiger partial charge in [-0.05, 0) is 48.5 Å². The summed E-state index contributed by atoms with van der Waals surface area (Å²) in [7, 11) is -3.85. The van der Waals surface area contributed by atoms with Crippen LogP contribution in [0.2, 0.25) is 0 Å². The van der Waals surface area contributed by atoms with E-state index in [0.717, 1.165) is 32.4 Å². The lowest BCUT2D eigenvalue weighted by atomic mass is 10.3. The molecule has 1 aliphatic heterocycles. The van der Waals surface area contributed by atoms with Gasteiger partial charge in [-0.2, -0.15) is 8.42 Å². The van der Waals surface area contributed by atoms with Crippen molar-refractivity contribution in [3.63, 3.8) is 0 Å². The summed E-state index contributed by atoms with van der Waals surface area (Å²) in [6.07, 6.45) is 1.04. The Hall–Kier alpha value is -2.44. The zero-order valence-corrected chi connectivity index (χ0v) is 15.0. The van der Waals surface area contributed by atoms with Crippen molar-refractivity contribution in [1.29, 1.82) is 0 Å². The highest BCUT2D eigenvalue weighted by molar-refractivity contribution is 7.97. The highest BCUT2D eigenvalue weighted by Gasteiger charge is 2.38. The van der Waals surface area contributed by atoms with Gasteiger partial charge >= 0.3 is 10.1 Å². The SMILES string of the molecule is CS(=O)(=O)Oc1ccc([S+]2c3ccccc3Oc3ccccc32)cc1. The average molecular weight is 371 g/mol. The molecule has 0 bridgehead atoms. The lowest BCUT2D eigenvalue weighted by Gasteiger charge is -2.19. The van der Waals surface area contributed by atoms with Crippen LogP contribution in [-0.4, -0.2) is 14.7 Å². The molecule has 0 saturated heterocycles. The monoisotopic (exact) mass is 371 g/mol. The topological polar surface area (TPSA) is 52.6 Å². The van der Waals surface area contributed by atoms with E-state index >= 15 is 0 Å². The van der Waals surface area contributed by atoms with Crippen LogP contribution in [-0.2, 0) is 21.0 Å². The Labute approximate surface area is 149 Å². The summed E-state index contributed by atoms with van der Waals surface area (Å²) in [6.45, 7) is 0. The Morgan fingerprint density at radius 1 is 0.800 bits per heavy atom. The van der Waals surface area contributed by atoms with Gasteiger partial charge in [0.1, 0.15) is 16.6 Å². The molecule has 1 aliphatic rings. The summed E-state index contributed by atoms with van der Waals surface area (Å²) < 4.78 is 33.5. The van der Waals surface area contributed by atoms with Crippen LogP contribution in [0.25, 0.3) is 0 Å². The van der Waals surface area contributed by atoms with Gasteiger partial charge in [0.2, 0.25) is 9.79 Å². The van der Waals surface area contributed by atoms with Crippen molar-refractivity contribution in [1.82, 2.24) is 0 Å². The zero-order valence-electron chi connectivity index (χ0n) is 13.4. The van der Waals surface area contributed by atoms with E-state index < -0.39 is 10.1 Å². The molecule has 0 unspecified atom stereocenters. The van der Waals surface area contributed by atoms with Crippen LogP contribution in [0, 0.1) is 0 Å². The molecule has 0 N–H and O–H groups in total. The van der Waals surface area contributed by atoms with Crippen molar-refractivity contribution in [2.75, 3.05) is 6.26 Å². The van der Waals surface area contributed by atoms with Gasteiger partial charge in [0.05, 0.1) is 6.26 Å². The molecule has 0 saturated carbocycles. The molecule has 3 aromatic rings. The minimum atomic E-state index is -3.53. The van der Waals surface area contributed by atoms with Crippen LogP contribution in [0.1, 0.15) is 0 Å². The minimum absolute atomic E-state index is 0.310. The molecule has 1 heterocycles. The maximum atomic E-state index is 11.3. The van der Waals surface area contributed by atoms with Crippen LogP contribution in [0.3, 0.4) is 0 Å². The third-order valence-corrected chi connectivity index (χ3v) is 6.46. The van der Waals surface area contributed by atoms with Crippen molar-refractivity contribution in [3.8, 4) is 17.2 Å². The first kappa shape index (κ1) is 16.1. The van der Waals surface area contributed by atoms with Gasteiger partial charge in [0.25, 0.3) is 0 Å². The van der Waals surface area contributed by atoms with Crippen molar-refractivity contribution < 1.29 is 17.3 Å². The van der Waals surface area contributed by atoms with E-state index in [0.29, 0.717) is 5.75 Å². The van der Waals surface area contributed by atoms with Gasteiger partial charge in [0, 0.05) is 0 Å². The van der Waals surface area contributed by atoms with Gasteiger partial charge in [-0.3, -0.25) is 0 Å². The highest BCUT2D eigenvalue weighted by Crippen LogP contribution is 2.46. The fourth-order valence-corrected chi connectivity index (χ4v) is 5.37. The van der Waals surface area contributed by atoms with Crippen molar-refractivity contribution in [2.45, 2.75) is 14.7 Å². The highest BCUT2D eigenvalue weighted by atomic mass is 32.2. The van der Waals surface area contributed by atoms with Crippen molar-refractivity contribution in [3.05, 3.63) is 72.8 Å². The molecule has 3 aromatic carbocycles. The number of ether oxygens (including phenoxy) is 1. The van der Waals surface area contributed by atoms with E-state index in [1.165, 1.54) is 0 Å². The summed E-state index contributed by atoms with van der Waals surface area (Å²) in [5, 5.41) is 0. The van der Waals surface area contributed by atoms with Crippen LogP contribution in [0.15, 0.2) is 87.5 Å². The van der Waals surface area contributed by atoms with E-state index in [1.54, 1.807) is 12.1 Å². The first-order valence-corrected chi connectivity index (χ1v) is 10.7. The van der Waals surface area contributed by atoms with Gasteiger partial charge in [-0.25, -0.2) is 0 Å². The summed E-state index contributed by atoms with van der Waals surface area (Å²) in [5.74, 6) is 2.01. The van der Waals surface area contributed by atoms with Gasteiger partial charge in [-0.15, -0.1) is 0 Å². The van der Waals surface area contributed by atoms with E-state index in [4.69, 9.17) is 8.92 Å². The van der Waals surface area contributed by atoms with E-state index in [1.807, 2.05) is 48.5 Å². The molecule has 0 radical (unpaired) electrons. The first-order chi connectivity index (χ1) is 12.0. The Morgan fingerprint density at radius 2 is 1.32 bits per heavy atom. The maximum Gasteiger partial charge on any atom is 0.306 e. The molecule has 25 heavy (non-hydrogen) atoms. The second-order valence-electron chi connectivity index (χ2n) is 5.56. The smallest absolute Gasteiger partial charge is 0.306 e. The van der Waals surface area contributed by atoms with Crippen LogP contribution in [0.5, 0.6) is 17.2 Å². The Balaban J connectivity index is 1.80. The van der Waals surface area contributed by atoms with Crippen molar-refractivity contribution in [2.24, 2.45) is 0 Å². The number of hydrogen-bond donors (Lipinski definition) is 0. The lowest BCUT2D eigenvalue weighted by Crippen LogP contribution is -2.12. The van der Waals surface area contributed by atoms with E-state index in [-0.39, 0.29) is 10.9 Å². The number of para-hydroxylation sites is 2. The molecule has 0 atom stereocenters. The third-order valence-electron chi connectivity index (χ3n) is 3.67. The molecule has 126 valence electrons. The number of benzene rings is 3. The van der Waals surface area contributed by atoms with Crippen molar-refractivity contribution >= 4 is 21.0 Å². The Kier molecular flexibility index (Phi) is 3.94. The number of fused-ring (bicyclic) bond motifs is 2. The Morgan fingerprint density at radius 3 is 1.84 bits per heavy atom. The average Bonchev–Trinajstić information content (AvgIpc) is 2.59. The van der Waals surface area contributed by atoms with Gasteiger partial charge in [0.15, 0.2) is 16.4 Å². The molecular formula is C19H15O4S2+. The molecule has 4 nitrogen and oxygen atoms in total. The fraction of sp³-hybridized carbons (Fsp3) is 0.0526. The molecular weight excluding hydrogens is 356 g/mol. The maximum absolute atomic E-state index is 11.3. The summed E-state index contributed by atoms with van der Waals surface area (Å²) in [5.41, 5.74) is 0.